The molecule has 1 aromatic heterocycles. The number of likely N-dealkylation sites (tertiary alicyclic amines) is 1. The Labute approximate surface area is 139 Å². The van der Waals surface area contributed by atoms with Crippen molar-refractivity contribution in [1.29, 1.82) is 0 Å². The van der Waals surface area contributed by atoms with E-state index in [2.05, 4.69) is 5.32 Å². The molecule has 0 aliphatic carbocycles. The molecule has 1 N–H and O–H groups in total. The quantitative estimate of drug-likeness (QED) is 0.876. The number of Topliss-reactive ketones (excluding diaryl/α,β-unsaturated/α-hetero) is 1. The molecule has 0 bridgehead atoms. The molecule has 126 valence electrons. The average molecular weight is 330 g/mol. The van der Waals surface area contributed by atoms with Gasteiger partial charge in [0.25, 0.3) is 0 Å². The van der Waals surface area contributed by atoms with Gasteiger partial charge in [0.2, 0.25) is 0 Å². The van der Waals surface area contributed by atoms with E-state index in [1.165, 1.54) is 24.3 Å². The standard InChI is InChI=1S/C18H19FN2O3/c19-15-7-5-13(6-8-15)17(22)14-3-1-9-21(12-14)18(23)20-11-16-4-2-10-24-16/h2,4-8,10,14H,1,3,9,11-12H2,(H,20,23)/t14-/m1/s1. The summed E-state index contributed by atoms with van der Waals surface area (Å²) in [5.74, 6) is 0.0190. The zero-order valence-electron chi connectivity index (χ0n) is 13.2. The van der Waals surface area contributed by atoms with E-state index in [1.807, 2.05) is 0 Å². The lowest BCUT2D eigenvalue weighted by Gasteiger charge is -2.32. The number of carbonyl (C=O) groups excluding carboxylic acids is 2. The third-order valence-electron chi connectivity index (χ3n) is 4.20. The zero-order valence-corrected chi connectivity index (χ0v) is 13.2. The van der Waals surface area contributed by atoms with Gasteiger partial charge < -0.3 is 14.6 Å². The normalized spacial score (nSPS) is 17.5. The highest BCUT2D eigenvalue weighted by atomic mass is 19.1. The van der Waals surface area contributed by atoms with Gasteiger partial charge in [-0.25, -0.2) is 9.18 Å². The SMILES string of the molecule is O=C(c1ccc(F)cc1)[C@@H]1CCCN(C(=O)NCc2ccco2)C1. The molecular formula is C18H19FN2O3. The number of amides is 2. The maximum Gasteiger partial charge on any atom is 0.317 e. The molecule has 0 saturated carbocycles. The summed E-state index contributed by atoms with van der Waals surface area (Å²) in [6.07, 6.45) is 3.06. The number of hydrogen-bond acceptors (Lipinski definition) is 3. The van der Waals surface area contributed by atoms with Gasteiger partial charge >= 0.3 is 6.03 Å². The zero-order chi connectivity index (χ0) is 16.9. The molecule has 3 rings (SSSR count). The Bertz CT molecular complexity index is 698. The van der Waals surface area contributed by atoms with E-state index >= 15 is 0 Å². The van der Waals surface area contributed by atoms with Crippen LogP contribution in [0, 0.1) is 11.7 Å². The molecule has 0 spiro atoms. The predicted octanol–water partition coefficient (Wildman–Crippen LogP) is 3.22. The second-order valence-corrected chi connectivity index (χ2v) is 5.89. The number of hydrogen-bond donors (Lipinski definition) is 1. The van der Waals surface area contributed by atoms with Gasteiger partial charge in [-0.3, -0.25) is 4.79 Å². The third-order valence-corrected chi connectivity index (χ3v) is 4.20. The summed E-state index contributed by atoms with van der Waals surface area (Å²) < 4.78 is 18.2. The first-order valence-electron chi connectivity index (χ1n) is 7.98. The van der Waals surface area contributed by atoms with Crippen LogP contribution in [0.15, 0.2) is 47.1 Å². The second-order valence-electron chi connectivity index (χ2n) is 5.89. The molecule has 24 heavy (non-hydrogen) atoms. The lowest BCUT2D eigenvalue weighted by molar-refractivity contribution is 0.0845. The van der Waals surface area contributed by atoms with E-state index in [1.54, 1.807) is 23.3 Å². The fraction of sp³-hybridized carbons (Fsp3) is 0.333. The summed E-state index contributed by atoms with van der Waals surface area (Å²) in [4.78, 5) is 26.4. The van der Waals surface area contributed by atoms with Crippen LogP contribution in [0.4, 0.5) is 9.18 Å². The highest BCUT2D eigenvalue weighted by Gasteiger charge is 2.29. The number of piperidine rings is 1. The van der Waals surface area contributed by atoms with Crippen molar-refractivity contribution >= 4 is 11.8 Å². The van der Waals surface area contributed by atoms with Gasteiger partial charge in [0, 0.05) is 24.6 Å². The van der Waals surface area contributed by atoms with Crippen molar-refractivity contribution in [3.63, 3.8) is 0 Å². The Morgan fingerprint density at radius 1 is 1.25 bits per heavy atom. The number of carbonyl (C=O) groups is 2. The van der Waals surface area contributed by atoms with Crippen LogP contribution in [0.1, 0.15) is 29.0 Å². The minimum atomic E-state index is -0.367. The molecule has 1 aliphatic heterocycles. The molecule has 2 heterocycles. The van der Waals surface area contributed by atoms with Crippen LogP contribution in [0.2, 0.25) is 0 Å². The second kappa shape index (κ2) is 7.29. The molecule has 1 aromatic carbocycles. The first kappa shape index (κ1) is 16.2. The molecule has 1 aliphatic rings. The van der Waals surface area contributed by atoms with E-state index in [0.717, 1.165) is 12.8 Å². The average Bonchev–Trinajstić information content (AvgIpc) is 3.13. The highest BCUT2D eigenvalue weighted by Crippen LogP contribution is 2.21. The number of furan rings is 1. The molecule has 1 saturated heterocycles. The number of halogens is 1. The van der Waals surface area contributed by atoms with Crippen molar-refractivity contribution in [2.45, 2.75) is 19.4 Å². The Balaban J connectivity index is 1.58. The maximum absolute atomic E-state index is 13.0. The van der Waals surface area contributed by atoms with Crippen LogP contribution in [0.5, 0.6) is 0 Å². The topological polar surface area (TPSA) is 62.6 Å². The summed E-state index contributed by atoms with van der Waals surface area (Å²) in [5, 5.41) is 2.79. The number of urea groups is 1. The smallest absolute Gasteiger partial charge is 0.317 e. The molecule has 0 radical (unpaired) electrons. The first-order chi connectivity index (χ1) is 11.6. The van der Waals surface area contributed by atoms with Crippen LogP contribution in [-0.2, 0) is 6.54 Å². The Morgan fingerprint density at radius 3 is 2.75 bits per heavy atom. The van der Waals surface area contributed by atoms with Crippen molar-refractivity contribution in [3.05, 3.63) is 59.8 Å². The minimum absolute atomic E-state index is 0.0430. The largest absolute Gasteiger partial charge is 0.467 e. The third kappa shape index (κ3) is 3.82. The van der Waals surface area contributed by atoms with Crippen LogP contribution in [0.3, 0.4) is 0 Å². The van der Waals surface area contributed by atoms with Gasteiger partial charge in [-0.05, 0) is 49.2 Å². The maximum atomic E-state index is 13.0. The first-order valence-corrected chi connectivity index (χ1v) is 7.98. The fourth-order valence-electron chi connectivity index (χ4n) is 2.91. The molecule has 6 heteroatoms. The van der Waals surface area contributed by atoms with E-state index in [9.17, 15) is 14.0 Å². The molecule has 5 nitrogen and oxygen atoms in total. The monoisotopic (exact) mass is 330 g/mol. The number of nitrogens with zero attached hydrogens (tertiary/aromatic N) is 1. The lowest BCUT2D eigenvalue weighted by atomic mass is 9.90. The van der Waals surface area contributed by atoms with Crippen molar-refractivity contribution < 1.29 is 18.4 Å². The Kier molecular flexibility index (Phi) is 4.93. The minimum Gasteiger partial charge on any atom is -0.467 e. The molecule has 2 aromatic rings. The summed E-state index contributed by atoms with van der Waals surface area (Å²) >= 11 is 0. The Hall–Kier alpha value is -2.63. The number of rotatable bonds is 4. The van der Waals surface area contributed by atoms with Gasteiger partial charge in [0.15, 0.2) is 5.78 Å². The molecule has 2 amide bonds. The van der Waals surface area contributed by atoms with Crippen LogP contribution >= 0.6 is 0 Å². The van der Waals surface area contributed by atoms with Gasteiger partial charge in [0.1, 0.15) is 11.6 Å². The van der Waals surface area contributed by atoms with E-state index < -0.39 is 0 Å². The number of benzene rings is 1. The number of nitrogens with one attached hydrogen (secondary N) is 1. The summed E-state index contributed by atoms with van der Waals surface area (Å²) in [5.41, 5.74) is 0.485. The van der Waals surface area contributed by atoms with Gasteiger partial charge in [-0.15, -0.1) is 0 Å². The molecule has 1 fully saturated rings. The van der Waals surface area contributed by atoms with Gasteiger partial charge in [-0.2, -0.15) is 0 Å². The van der Waals surface area contributed by atoms with Crippen LogP contribution in [0.25, 0.3) is 0 Å². The van der Waals surface area contributed by atoms with E-state index in [0.29, 0.717) is 31.0 Å². The number of ketones is 1. The van der Waals surface area contributed by atoms with Crippen LogP contribution < -0.4 is 5.32 Å². The van der Waals surface area contributed by atoms with E-state index in [-0.39, 0.29) is 23.5 Å². The van der Waals surface area contributed by atoms with Crippen LogP contribution in [-0.4, -0.2) is 29.8 Å². The fourth-order valence-corrected chi connectivity index (χ4v) is 2.91. The summed E-state index contributed by atoms with van der Waals surface area (Å²) in [7, 11) is 0. The van der Waals surface area contributed by atoms with E-state index in [4.69, 9.17) is 4.42 Å². The molecule has 1 atom stereocenters. The van der Waals surface area contributed by atoms with Gasteiger partial charge in [0.05, 0.1) is 12.8 Å². The van der Waals surface area contributed by atoms with Crippen molar-refractivity contribution in [1.82, 2.24) is 10.2 Å². The summed E-state index contributed by atoms with van der Waals surface area (Å²) in [6, 6.07) is 8.90. The van der Waals surface area contributed by atoms with Gasteiger partial charge in [-0.1, -0.05) is 0 Å². The summed E-state index contributed by atoms with van der Waals surface area (Å²) in [6.45, 7) is 1.32. The van der Waals surface area contributed by atoms with Crippen molar-refractivity contribution in [3.8, 4) is 0 Å². The lowest BCUT2D eigenvalue weighted by Crippen LogP contribution is -2.46. The Morgan fingerprint density at radius 2 is 2.04 bits per heavy atom. The van der Waals surface area contributed by atoms with Crippen molar-refractivity contribution in [2.75, 3.05) is 13.1 Å². The predicted molar refractivity (Wildman–Crippen MR) is 86.0 cm³/mol. The molecule has 0 unspecified atom stereocenters. The molecular weight excluding hydrogens is 311 g/mol. The highest BCUT2D eigenvalue weighted by molar-refractivity contribution is 5.98. The van der Waals surface area contributed by atoms with Crippen molar-refractivity contribution in [2.24, 2.45) is 5.92 Å².